The van der Waals surface area contributed by atoms with Gasteiger partial charge in [-0.15, -0.1) is 0 Å². The molecule has 3 aliphatic rings. The van der Waals surface area contributed by atoms with Gasteiger partial charge in [0.05, 0.1) is 30.4 Å². The van der Waals surface area contributed by atoms with Crippen LogP contribution in [0.4, 0.5) is 11.4 Å². The largest absolute Gasteiger partial charge is 0.490 e. The van der Waals surface area contributed by atoms with Gasteiger partial charge in [0.2, 0.25) is 5.91 Å². The lowest BCUT2D eigenvalue weighted by atomic mass is 9.99. The Morgan fingerprint density at radius 1 is 1.14 bits per heavy atom. The van der Waals surface area contributed by atoms with Crippen molar-refractivity contribution in [2.24, 2.45) is 11.8 Å². The van der Waals surface area contributed by atoms with Gasteiger partial charge in [0.25, 0.3) is 0 Å². The highest BCUT2D eigenvalue weighted by Crippen LogP contribution is 2.39. The molecule has 0 saturated carbocycles. The lowest BCUT2D eigenvalue weighted by Gasteiger charge is -2.31. The Balaban J connectivity index is 1.24. The first kappa shape index (κ1) is 25.5. The Labute approximate surface area is 217 Å². The number of pyridine rings is 1. The third-order valence-electron chi connectivity index (χ3n) is 7.13. The molecule has 0 N–H and O–H groups in total. The van der Waals surface area contributed by atoms with Crippen LogP contribution in [0.5, 0.6) is 11.5 Å². The molecule has 198 valence electrons. The van der Waals surface area contributed by atoms with Crippen LogP contribution in [-0.4, -0.2) is 69.9 Å². The summed E-state index contributed by atoms with van der Waals surface area (Å²) in [5.41, 5.74) is 2.23. The third-order valence-corrected chi connectivity index (χ3v) is 8.26. The lowest BCUT2D eigenvalue weighted by Crippen LogP contribution is -2.37. The minimum atomic E-state index is -3.39. The van der Waals surface area contributed by atoms with Crippen molar-refractivity contribution in [2.75, 3.05) is 50.6 Å². The van der Waals surface area contributed by atoms with E-state index < -0.39 is 9.84 Å². The maximum absolute atomic E-state index is 12.8. The van der Waals surface area contributed by atoms with E-state index in [9.17, 15) is 13.2 Å². The second-order valence-corrected chi connectivity index (χ2v) is 11.8. The number of likely N-dealkylation sites (tertiary alicyclic amines) is 1. The second kappa shape index (κ2) is 10.7. The Hall–Kier alpha value is -3.11. The zero-order valence-corrected chi connectivity index (χ0v) is 22.1. The average molecular weight is 528 g/mol. The van der Waals surface area contributed by atoms with Gasteiger partial charge in [0.15, 0.2) is 14.9 Å². The molecular formula is C27H33N3O6S. The van der Waals surface area contributed by atoms with Gasteiger partial charge in [-0.3, -0.25) is 4.79 Å². The highest BCUT2D eigenvalue weighted by Gasteiger charge is 2.31. The van der Waals surface area contributed by atoms with E-state index in [1.165, 1.54) is 0 Å². The Morgan fingerprint density at radius 2 is 1.95 bits per heavy atom. The maximum Gasteiger partial charge on any atom is 0.225 e. The summed E-state index contributed by atoms with van der Waals surface area (Å²) in [5, 5.41) is 0.0897. The number of amides is 1. The van der Waals surface area contributed by atoms with Crippen LogP contribution in [0, 0.1) is 18.8 Å². The van der Waals surface area contributed by atoms with Crippen molar-refractivity contribution < 1.29 is 27.4 Å². The van der Waals surface area contributed by atoms with Crippen LogP contribution in [0.15, 0.2) is 47.8 Å². The molecule has 1 amide bonds. The average Bonchev–Trinajstić information content (AvgIpc) is 3.36. The Morgan fingerprint density at radius 3 is 2.70 bits per heavy atom. The monoisotopic (exact) mass is 527 g/mol. The number of aryl methyl sites for hydroxylation is 1. The van der Waals surface area contributed by atoms with Crippen molar-refractivity contribution in [3.05, 3.63) is 48.4 Å². The van der Waals surface area contributed by atoms with Crippen LogP contribution >= 0.6 is 0 Å². The van der Waals surface area contributed by atoms with Gasteiger partial charge in [0, 0.05) is 44.5 Å². The van der Waals surface area contributed by atoms with Gasteiger partial charge in [-0.05, 0) is 61.9 Å². The van der Waals surface area contributed by atoms with E-state index in [1.807, 2.05) is 35.2 Å². The van der Waals surface area contributed by atoms with Gasteiger partial charge in [0.1, 0.15) is 18.1 Å². The maximum atomic E-state index is 12.8. The van der Waals surface area contributed by atoms with E-state index in [4.69, 9.17) is 14.2 Å². The van der Waals surface area contributed by atoms with E-state index in [0.717, 1.165) is 55.7 Å². The van der Waals surface area contributed by atoms with Crippen molar-refractivity contribution in [1.29, 1.82) is 0 Å². The standard InChI is InChI=1S/C27H33N3O6S/c1-19-15-22(17-28-26(19)37(2,32)33)30-10-14-36-25-4-3-23(16-24(25)30)35-13-6-20-5-9-29(18-20)27(31)21-7-11-34-12-8-21/h3-4,6,13,15-17,20-21H,5,7-12,14,18H2,1-2H3. The first-order valence-corrected chi connectivity index (χ1v) is 14.6. The molecule has 1 atom stereocenters. The number of sulfone groups is 1. The van der Waals surface area contributed by atoms with Gasteiger partial charge < -0.3 is 24.0 Å². The Bertz CT molecular complexity index is 1290. The van der Waals surface area contributed by atoms with Crippen molar-refractivity contribution in [1.82, 2.24) is 9.88 Å². The molecule has 5 rings (SSSR count). The number of hydrogen-bond donors (Lipinski definition) is 0. The van der Waals surface area contributed by atoms with Gasteiger partial charge in [-0.1, -0.05) is 0 Å². The number of hydrogen-bond acceptors (Lipinski definition) is 8. The molecule has 0 bridgehead atoms. The molecule has 37 heavy (non-hydrogen) atoms. The summed E-state index contributed by atoms with van der Waals surface area (Å²) in [7, 11) is -3.39. The zero-order valence-electron chi connectivity index (χ0n) is 21.3. The summed E-state index contributed by atoms with van der Waals surface area (Å²) < 4.78 is 41.1. The summed E-state index contributed by atoms with van der Waals surface area (Å²) >= 11 is 0. The fourth-order valence-electron chi connectivity index (χ4n) is 5.20. The lowest BCUT2D eigenvalue weighted by molar-refractivity contribution is -0.137. The number of benzene rings is 1. The van der Waals surface area contributed by atoms with Crippen LogP contribution in [0.1, 0.15) is 24.8 Å². The summed E-state index contributed by atoms with van der Waals surface area (Å²) in [4.78, 5) is 21.0. The molecule has 0 radical (unpaired) electrons. The topological polar surface area (TPSA) is 98.3 Å². The number of carbonyl (C=O) groups is 1. The molecule has 1 aromatic carbocycles. The second-order valence-electron chi connectivity index (χ2n) is 9.88. The molecule has 3 aliphatic heterocycles. The molecule has 0 aliphatic carbocycles. The van der Waals surface area contributed by atoms with Crippen molar-refractivity contribution >= 4 is 27.1 Å². The number of aromatic nitrogens is 1. The summed E-state index contributed by atoms with van der Waals surface area (Å²) in [6, 6.07) is 7.48. The number of ether oxygens (including phenoxy) is 3. The SMILES string of the molecule is Cc1cc(N2CCOc3ccc(OC=CC4CCN(C(=O)C5CCOCC5)C4)cc32)cnc1S(C)(=O)=O. The highest BCUT2D eigenvalue weighted by atomic mass is 32.2. The van der Waals surface area contributed by atoms with Crippen LogP contribution in [0.2, 0.25) is 0 Å². The molecule has 1 aromatic heterocycles. The van der Waals surface area contributed by atoms with Crippen LogP contribution in [0.25, 0.3) is 0 Å². The van der Waals surface area contributed by atoms with E-state index in [1.54, 1.807) is 19.4 Å². The van der Waals surface area contributed by atoms with Gasteiger partial charge in [-0.25, -0.2) is 13.4 Å². The zero-order chi connectivity index (χ0) is 26.0. The van der Waals surface area contributed by atoms with E-state index >= 15 is 0 Å². The van der Waals surface area contributed by atoms with Crippen molar-refractivity contribution in [3.63, 3.8) is 0 Å². The first-order chi connectivity index (χ1) is 17.8. The molecule has 9 nitrogen and oxygen atoms in total. The van der Waals surface area contributed by atoms with E-state index in [2.05, 4.69) is 9.88 Å². The quantitative estimate of drug-likeness (QED) is 0.527. The Kier molecular flexibility index (Phi) is 7.39. The molecule has 10 heteroatoms. The predicted molar refractivity (Wildman–Crippen MR) is 139 cm³/mol. The summed E-state index contributed by atoms with van der Waals surface area (Å²) in [5.74, 6) is 2.00. The van der Waals surface area contributed by atoms with Crippen LogP contribution in [-0.2, 0) is 19.4 Å². The smallest absolute Gasteiger partial charge is 0.225 e. The van der Waals surface area contributed by atoms with E-state index in [0.29, 0.717) is 37.7 Å². The number of rotatable bonds is 6. The fraction of sp³-hybridized carbons (Fsp3) is 0.481. The minimum absolute atomic E-state index is 0.0897. The highest BCUT2D eigenvalue weighted by molar-refractivity contribution is 7.90. The summed E-state index contributed by atoms with van der Waals surface area (Å²) in [6.07, 6.45) is 9.04. The van der Waals surface area contributed by atoms with Crippen molar-refractivity contribution in [3.8, 4) is 11.5 Å². The van der Waals surface area contributed by atoms with Gasteiger partial charge in [-0.2, -0.15) is 0 Å². The molecule has 0 spiro atoms. The number of nitrogens with zero attached hydrogens (tertiary/aromatic N) is 3. The summed E-state index contributed by atoms with van der Waals surface area (Å²) in [6.45, 7) is 5.70. The molecule has 2 fully saturated rings. The first-order valence-electron chi connectivity index (χ1n) is 12.7. The molecule has 2 aromatic rings. The number of anilines is 2. The number of carbonyl (C=O) groups excluding carboxylic acids is 1. The molecule has 2 saturated heterocycles. The van der Waals surface area contributed by atoms with Crippen LogP contribution < -0.4 is 14.4 Å². The molecule has 1 unspecified atom stereocenters. The number of fused-ring (bicyclic) bond motifs is 1. The van der Waals surface area contributed by atoms with Crippen LogP contribution in [0.3, 0.4) is 0 Å². The molecular weight excluding hydrogens is 494 g/mol. The molecule has 4 heterocycles. The normalized spacial score (nSPS) is 20.6. The third kappa shape index (κ3) is 5.75. The predicted octanol–water partition coefficient (Wildman–Crippen LogP) is 3.49. The van der Waals surface area contributed by atoms with Gasteiger partial charge >= 0.3 is 0 Å². The fourth-order valence-corrected chi connectivity index (χ4v) is 6.09. The van der Waals surface area contributed by atoms with E-state index in [-0.39, 0.29) is 22.8 Å². The van der Waals surface area contributed by atoms with Crippen molar-refractivity contribution in [2.45, 2.75) is 31.2 Å². The minimum Gasteiger partial charge on any atom is -0.490 e.